The van der Waals surface area contributed by atoms with Gasteiger partial charge in [0.25, 0.3) is 5.91 Å². The second kappa shape index (κ2) is 8.69. The zero-order valence-corrected chi connectivity index (χ0v) is 19.7. The van der Waals surface area contributed by atoms with Crippen molar-refractivity contribution in [2.75, 3.05) is 12.0 Å². The van der Waals surface area contributed by atoms with Crippen LogP contribution in [0.15, 0.2) is 82.5 Å². The van der Waals surface area contributed by atoms with Crippen molar-refractivity contribution >= 4 is 51.5 Å². The number of ether oxygens (including phenoxy) is 1. The molecule has 0 spiro atoms. The number of hydrogen-bond donors (Lipinski definition) is 2. The topological polar surface area (TPSA) is 100 Å². The first-order valence-corrected chi connectivity index (χ1v) is 11.2. The lowest BCUT2D eigenvalue weighted by molar-refractivity contribution is -0.117. The van der Waals surface area contributed by atoms with Crippen molar-refractivity contribution in [3.63, 3.8) is 0 Å². The number of aromatic hydroxyl groups is 1. The van der Waals surface area contributed by atoms with Gasteiger partial charge >= 0.3 is 0 Å². The number of ketones is 1. The van der Waals surface area contributed by atoms with Crippen LogP contribution in [0.5, 0.6) is 11.5 Å². The number of halogens is 2. The van der Waals surface area contributed by atoms with Crippen LogP contribution >= 0.6 is 23.2 Å². The lowest BCUT2D eigenvalue weighted by atomic mass is 9.94. The molecular weight excluding hydrogens is 493 g/mol. The molecule has 1 aromatic heterocycles. The van der Waals surface area contributed by atoms with Crippen molar-refractivity contribution in [1.29, 1.82) is 0 Å². The zero-order chi connectivity index (χ0) is 24.9. The molecule has 0 aliphatic carbocycles. The molecule has 7 nitrogen and oxygen atoms in total. The Bertz CT molecular complexity index is 1520. The molecule has 0 bridgehead atoms. The van der Waals surface area contributed by atoms with Gasteiger partial charge < -0.3 is 19.4 Å². The highest BCUT2D eigenvalue weighted by molar-refractivity contribution is 6.32. The summed E-state index contributed by atoms with van der Waals surface area (Å²) in [6, 6.07) is 16.1. The molecule has 0 saturated carbocycles. The fourth-order valence-corrected chi connectivity index (χ4v) is 4.58. The largest absolute Gasteiger partial charge is 0.508 e. The maximum atomic E-state index is 13.7. The van der Waals surface area contributed by atoms with E-state index in [1.807, 2.05) is 0 Å². The Morgan fingerprint density at radius 3 is 2.43 bits per heavy atom. The summed E-state index contributed by atoms with van der Waals surface area (Å²) in [7, 11) is 1.45. The minimum atomic E-state index is -1.01. The molecule has 1 atom stereocenters. The number of phenolic OH excluding ortho intramolecular Hbond substituents is 1. The number of fused-ring (bicyclic) bond motifs is 1. The molecule has 35 heavy (non-hydrogen) atoms. The molecule has 1 aliphatic rings. The lowest BCUT2D eigenvalue weighted by Gasteiger charge is -2.27. The number of amides is 1. The van der Waals surface area contributed by atoms with Gasteiger partial charge in [0.1, 0.15) is 5.75 Å². The quantitative estimate of drug-likeness (QED) is 0.309. The average Bonchev–Trinajstić information content (AvgIpc) is 3.37. The molecule has 3 aromatic carbocycles. The van der Waals surface area contributed by atoms with Gasteiger partial charge in [-0.05, 0) is 48.0 Å². The monoisotopic (exact) mass is 509 g/mol. The molecule has 0 radical (unpaired) electrons. The summed E-state index contributed by atoms with van der Waals surface area (Å²) >= 11 is 12.3. The summed E-state index contributed by atoms with van der Waals surface area (Å²) in [5.41, 5.74) is 0.996. The summed E-state index contributed by atoms with van der Waals surface area (Å²) in [6.45, 7) is 0. The SMILES string of the molecule is COc1cc(Cl)cc2cc(C(=O)C3=C(O)C(=O)N(c4cccc(Cl)c4)C3c3ccc(O)cc3)oc12. The number of aliphatic hydroxyl groups excluding tert-OH is 1. The third kappa shape index (κ3) is 3.88. The molecule has 5 rings (SSSR count). The molecule has 0 fully saturated rings. The van der Waals surface area contributed by atoms with Crippen LogP contribution in [0.4, 0.5) is 5.69 Å². The number of nitrogens with zero attached hydrogens (tertiary/aromatic N) is 1. The standard InChI is InChI=1S/C26H17Cl2NO6/c1-34-20-12-16(28)9-14-10-19(35-25(14)20)23(31)21-22(13-5-7-18(30)8-6-13)29(26(33)24(21)32)17-4-2-3-15(27)11-17/h2-12,22,30,32H,1H3. The van der Waals surface area contributed by atoms with Crippen LogP contribution in [0, 0.1) is 0 Å². The summed E-state index contributed by atoms with van der Waals surface area (Å²) in [5, 5.41) is 21.9. The van der Waals surface area contributed by atoms with Gasteiger partial charge in [0.15, 0.2) is 22.9 Å². The van der Waals surface area contributed by atoms with E-state index < -0.39 is 23.5 Å². The Hall–Kier alpha value is -3.94. The first kappa shape index (κ1) is 22.8. The zero-order valence-electron chi connectivity index (χ0n) is 18.2. The second-order valence-electron chi connectivity index (χ2n) is 7.88. The number of methoxy groups -OCH3 is 1. The number of furan rings is 1. The van der Waals surface area contributed by atoms with E-state index in [2.05, 4.69) is 0 Å². The predicted molar refractivity (Wildman–Crippen MR) is 132 cm³/mol. The minimum absolute atomic E-state index is 0.00900. The number of benzene rings is 3. The number of rotatable bonds is 5. The predicted octanol–water partition coefficient (Wildman–Crippen LogP) is 6.24. The van der Waals surface area contributed by atoms with E-state index in [0.717, 1.165) is 0 Å². The van der Waals surface area contributed by atoms with Crippen molar-refractivity contribution < 1.29 is 29.0 Å². The van der Waals surface area contributed by atoms with Crippen LogP contribution in [0.2, 0.25) is 10.0 Å². The number of hydrogen-bond acceptors (Lipinski definition) is 6. The highest BCUT2D eigenvalue weighted by atomic mass is 35.5. The molecule has 1 amide bonds. The molecule has 2 heterocycles. The highest BCUT2D eigenvalue weighted by Crippen LogP contribution is 2.43. The molecule has 176 valence electrons. The first-order chi connectivity index (χ1) is 16.8. The first-order valence-electron chi connectivity index (χ1n) is 10.4. The average molecular weight is 510 g/mol. The Kier molecular flexibility index (Phi) is 5.67. The number of carbonyl (C=O) groups is 2. The summed E-state index contributed by atoms with van der Waals surface area (Å²) in [5.74, 6) is -1.93. The summed E-state index contributed by atoms with van der Waals surface area (Å²) in [6.07, 6.45) is 0. The van der Waals surface area contributed by atoms with Gasteiger partial charge in [0.2, 0.25) is 5.78 Å². The number of phenols is 1. The summed E-state index contributed by atoms with van der Waals surface area (Å²) < 4.78 is 11.1. The van der Waals surface area contributed by atoms with Crippen LogP contribution < -0.4 is 9.64 Å². The second-order valence-corrected chi connectivity index (χ2v) is 8.75. The van der Waals surface area contributed by atoms with Crippen molar-refractivity contribution in [3.8, 4) is 11.5 Å². The molecule has 1 unspecified atom stereocenters. The third-order valence-corrected chi connectivity index (χ3v) is 6.19. The smallest absolute Gasteiger partial charge is 0.294 e. The number of Topliss-reactive ketones (excluding diaryl/α,β-unsaturated/α-hetero) is 1. The van der Waals surface area contributed by atoms with E-state index in [4.69, 9.17) is 32.4 Å². The maximum Gasteiger partial charge on any atom is 0.294 e. The van der Waals surface area contributed by atoms with Gasteiger partial charge in [0.05, 0.1) is 18.7 Å². The van der Waals surface area contributed by atoms with Crippen molar-refractivity contribution in [3.05, 3.63) is 99.4 Å². The van der Waals surface area contributed by atoms with Crippen LogP contribution in [0.25, 0.3) is 11.0 Å². The number of aliphatic hydroxyl groups is 1. The van der Waals surface area contributed by atoms with Gasteiger partial charge in [-0.15, -0.1) is 0 Å². The molecule has 9 heteroatoms. The van der Waals surface area contributed by atoms with E-state index in [1.54, 1.807) is 48.5 Å². The Labute approximate surface area is 209 Å². The number of carbonyl (C=O) groups excluding carboxylic acids is 2. The highest BCUT2D eigenvalue weighted by Gasteiger charge is 2.45. The molecule has 0 saturated heterocycles. The van der Waals surface area contributed by atoms with Crippen molar-refractivity contribution in [1.82, 2.24) is 0 Å². The molecule has 4 aromatic rings. The third-order valence-electron chi connectivity index (χ3n) is 5.74. The van der Waals surface area contributed by atoms with Crippen LogP contribution in [0.1, 0.15) is 22.2 Å². The minimum Gasteiger partial charge on any atom is -0.508 e. The Morgan fingerprint density at radius 1 is 1.00 bits per heavy atom. The molecular formula is C26H17Cl2NO6. The lowest BCUT2D eigenvalue weighted by Crippen LogP contribution is -2.31. The van der Waals surface area contributed by atoms with Gasteiger partial charge in [-0.25, -0.2) is 0 Å². The van der Waals surface area contributed by atoms with E-state index in [-0.39, 0.29) is 17.1 Å². The van der Waals surface area contributed by atoms with E-state index in [0.29, 0.717) is 38.0 Å². The number of anilines is 1. The van der Waals surface area contributed by atoms with Gasteiger partial charge in [-0.1, -0.05) is 41.4 Å². The maximum absolute atomic E-state index is 13.7. The Morgan fingerprint density at radius 2 is 1.74 bits per heavy atom. The van der Waals surface area contributed by atoms with E-state index >= 15 is 0 Å². The molecule has 1 aliphatic heterocycles. The van der Waals surface area contributed by atoms with Gasteiger partial charge in [0, 0.05) is 27.2 Å². The van der Waals surface area contributed by atoms with Crippen LogP contribution in [-0.4, -0.2) is 29.0 Å². The fraction of sp³-hybridized carbons (Fsp3) is 0.0769. The van der Waals surface area contributed by atoms with Gasteiger partial charge in [-0.2, -0.15) is 0 Å². The van der Waals surface area contributed by atoms with Crippen molar-refractivity contribution in [2.45, 2.75) is 6.04 Å². The van der Waals surface area contributed by atoms with Crippen LogP contribution in [-0.2, 0) is 4.79 Å². The normalized spacial score (nSPS) is 15.8. The summed E-state index contributed by atoms with van der Waals surface area (Å²) in [4.78, 5) is 28.2. The van der Waals surface area contributed by atoms with Gasteiger partial charge in [-0.3, -0.25) is 14.5 Å². The fourth-order valence-electron chi connectivity index (χ4n) is 4.18. The van der Waals surface area contributed by atoms with Crippen LogP contribution in [0.3, 0.4) is 0 Å². The molecule has 2 N–H and O–H groups in total. The van der Waals surface area contributed by atoms with E-state index in [1.165, 1.54) is 30.2 Å². The van der Waals surface area contributed by atoms with Crippen molar-refractivity contribution in [2.24, 2.45) is 0 Å². The van der Waals surface area contributed by atoms with E-state index in [9.17, 15) is 19.8 Å². The Balaban J connectivity index is 1.67.